The van der Waals surface area contributed by atoms with Crippen molar-refractivity contribution < 1.29 is 24.5 Å². The van der Waals surface area contributed by atoms with Crippen LogP contribution in [-0.2, 0) is 14.3 Å². The van der Waals surface area contributed by atoms with Gasteiger partial charge in [0.25, 0.3) is 0 Å². The monoisotopic (exact) mass is 512 g/mol. The lowest BCUT2D eigenvalue weighted by atomic mass is 9.48. The fourth-order valence-corrected chi connectivity index (χ4v) is 8.60. The molecule has 0 amide bonds. The van der Waals surface area contributed by atoms with Crippen LogP contribution in [-0.4, -0.2) is 34.4 Å². The van der Waals surface area contributed by atoms with Crippen LogP contribution in [0.15, 0.2) is 35.5 Å². The molecule has 0 bridgehead atoms. The number of rotatable bonds is 7. The van der Waals surface area contributed by atoms with Crippen molar-refractivity contribution >= 4 is 11.9 Å². The number of aliphatic carboxylic acids is 1. The van der Waals surface area contributed by atoms with Crippen molar-refractivity contribution in [2.24, 2.45) is 45.8 Å². The lowest BCUT2D eigenvalue weighted by molar-refractivity contribution is -0.152. The largest absolute Gasteiger partial charge is 0.481 e. The first-order valence-corrected chi connectivity index (χ1v) is 14.3. The Hall–Kier alpha value is -1.88. The van der Waals surface area contributed by atoms with Crippen molar-refractivity contribution in [1.82, 2.24) is 0 Å². The molecule has 4 aliphatic rings. The van der Waals surface area contributed by atoms with Crippen molar-refractivity contribution in [3.05, 3.63) is 35.5 Å². The van der Waals surface area contributed by atoms with Gasteiger partial charge in [0.1, 0.15) is 6.10 Å². The number of ether oxygens (including phenoxy) is 1. The minimum atomic E-state index is -0.760. The van der Waals surface area contributed by atoms with Gasteiger partial charge in [-0.2, -0.15) is 0 Å². The number of hydrogen-bond donors (Lipinski definition) is 2. The predicted octanol–water partition coefficient (Wildman–Crippen LogP) is 6.72. The van der Waals surface area contributed by atoms with Gasteiger partial charge in [-0.1, -0.05) is 65.8 Å². The fraction of sp³-hybridized carbons (Fsp3) is 0.750. The van der Waals surface area contributed by atoms with E-state index in [0.29, 0.717) is 37.0 Å². The molecule has 4 rings (SSSR count). The molecule has 5 heteroatoms. The maximum Gasteiger partial charge on any atom is 0.306 e. The molecule has 0 aromatic rings. The molecular weight excluding hydrogens is 464 g/mol. The Bertz CT molecular complexity index is 1020. The van der Waals surface area contributed by atoms with Crippen molar-refractivity contribution in [2.45, 2.75) is 106 Å². The molecule has 0 saturated heterocycles. The summed E-state index contributed by atoms with van der Waals surface area (Å²) < 4.78 is 6.06. The maximum atomic E-state index is 12.7. The van der Waals surface area contributed by atoms with E-state index in [1.165, 1.54) is 18.1 Å². The zero-order valence-electron chi connectivity index (χ0n) is 24.0. The second kappa shape index (κ2) is 9.70. The predicted molar refractivity (Wildman–Crippen MR) is 146 cm³/mol. The average Bonchev–Trinajstić information content (AvgIpc) is 3.03. The molecule has 0 unspecified atom stereocenters. The Morgan fingerprint density at radius 1 is 1.16 bits per heavy atom. The Morgan fingerprint density at radius 2 is 1.84 bits per heavy atom. The van der Waals surface area contributed by atoms with Crippen LogP contribution in [0.3, 0.4) is 0 Å². The Morgan fingerprint density at radius 3 is 2.43 bits per heavy atom. The minimum Gasteiger partial charge on any atom is -0.481 e. The molecule has 8 atom stereocenters. The molecule has 2 N–H and O–H groups in total. The van der Waals surface area contributed by atoms with Crippen molar-refractivity contribution in [3.63, 3.8) is 0 Å². The Kier molecular flexibility index (Phi) is 7.38. The normalized spacial score (nSPS) is 39.0. The van der Waals surface area contributed by atoms with E-state index in [1.807, 2.05) is 0 Å². The molecular formula is C32H48O5. The number of esters is 1. The van der Waals surface area contributed by atoms with E-state index in [9.17, 15) is 19.8 Å². The van der Waals surface area contributed by atoms with E-state index in [0.717, 1.165) is 31.3 Å². The van der Waals surface area contributed by atoms with Crippen LogP contribution in [0.5, 0.6) is 0 Å². The summed E-state index contributed by atoms with van der Waals surface area (Å²) in [5.74, 6) is -0.618. The van der Waals surface area contributed by atoms with Crippen molar-refractivity contribution in [1.29, 1.82) is 0 Å². The smallest absolute Gasteiger partial charge is 0.306 e. The zero-order valence-corrected chi connectivity index (χ0v) is 24.0. The van der Waals surface area contributed by atoms with E-state index in [-0.39, 0.29) is 34.9 Å². The number of fused-ring (bicyclic) bond motifs is 5. The molecule has 0 aliphatic heterocycles. The minimum absolute atomic E-state index is 0.111. The number of carbonyl (C=O) groups is 2. The third kappa shape index (κ3) is 4.33. The lowest BCUT2D eigenvalue weighted by Crippen LogP contribution is -2.52. The summed E-state index contributed by atoms with van der Waals surface area (Å²) in [5.41, 5.74) is 2.74. The zero-order chi connectivity index (χ0) is 27.5. The van der Waals surface area contributed by atoms with Crippen LogP contribution in [0, 0.1) is 45.8 Å². The van der Waals surface area contributed by atoms with Crippen LogP contribution in [0.1, 0.15) is 93.4 Å². The summed E-state index contributed by atoms with van der Waals surface area (Å²) in [6, 6.07) is 0. The summed E-state index contributed by atoms with van der Waals surface area (Å²) in [4.78, 5) is 25.0. The SMILES string of the molecule is C=C(CC[C@@H](C(=O)O)[C@H]1C[C@H](OC(C)=O)[C@@]2(C)C3=CC[C@H]4[C@@H](CC[C@H](O)C4(C)C)C3=CC[C@]12C)C(C)C. The van der Waals surface area contributed by atoms with Crippen molar-refractivity contribution in [2.75, 3.05) is 0 Å². The van der Waals surface area contributed by atoms with Crippen LogP contribution in [0.4, 0.5) is 0 Å². The number of carboxylic acid groups (broad SMARTS) is 1. The van der Waals surface area contributed by atoms with Gasteiger partial charge < -0.3 is 14.9 Å². The highest BCUT2D eigenvalue weighted by Crippen LogP contribution is 2.70. The second-order valence-corrected chi connectivity index (χ2v) is 13.7. The van der Waals surface area contributed by atoms with E-state index in [4.69, 9.17) is 4.74 Å². The summed E-state index contributed by atoms with van der Waals surface area (Å²) in [6.07, 6.45) is 9.32. The number of allylic oxidation sites excluding steroid dienone is 4. The quantitative estimate of drug-likeness (QED) is 0.292. The van der Waals surface area contributed by atoms with Gasteiger partial charge in [0.15, 0.2) is 0 Å². The first-order chi connectivity index (χ1) is 17.2. The topological polar surface area (TPSA) is 83.8 Å². The first kappa shape index (κ1) is 28.1. The molecule has 0 radical (unpaired) electrons. The van der Waals surface area contributed by atoms with E-state index in [1.54, 1.807) is 0 Å². The number of aliphatic hydroxyl groups excluding tert-OH is 1. The second-order valence-electron chi connectivity index (χ2n) is 13.7. The average molecular weight is 513 g/mol. The highest BCUT2D eigenvalue weighted by molar-refractivity contribution is 5.71. The molecule has 37 heavy (non-hydrogen) atoms. The first-order valence-electron chi connectivity index (χ1n) is 14.3. The summed E-state index contributed by atoms with van der Waals surface area (Å²) >= 11 is 0. The molecule has 4 aliphatic carbocycles. The van der Waals surface area contributed by atoms with Crippen LogP contribution < -0.4 is 0 Å². The van der Waals surface area contributed by atoms with Gasteiger partial charge in [0.2, 0.25) is 0 Å². The molecule has 0 aromatic heterocycles. The summed E-state index contributed by atoms with van der Waals surface area (Å²) in [6.45, 7) is 18.7. The molecule has 5 nitrogen and oxygen atoms in total. The van der Waals surface area contributed by atoms with Gasteiger partial charge in [-0.3, -0.25) is 9.59 Å². The maximum absolute atomic E-state index is 12.7. The number of hydrogen-bond acceptors (Lipinski definition) is 4. The lowest BCUT2D eigenvalue weighted by Gasteiger charge is -2.57. The highest BCUT2D eigenvalue weighted by Gasteiger charge is 2.67. The van der Waals surface area contributed by atoms with Gasteiger partial charge in [-0.25, -0.2) is 0 Å². The highest BCUT2D eigenvalue weighted by atomic mass is 16.5. The van der Waals surface area contributed by atoms with Gasteiger partial charge >= 0.3 is 11.9 Å². The van der Waals surface area contributed by atoms with Gasteiger partial charge in [0.05, 0.1) is 12.0 Å². The number of carbonyl (C=O) groups excluding carboxylic acids is 1. The molecule has 0 spiro atoms. The summed E-state index contributed by atoms with van der Waals surface area (Å²) in [5, 5.41) is 21.2. The van der Waals surface area contributed by atoms with Crippen molar-refractivity contribution in [3.8, 4) is 0 Å². The molecule has 0 aromatic carbocycles. The van der Waals surface area contributed by atoms with Gasteiger partial charge in [0, 0.05) is 12.3 Å². The van der Waals surface area contributed by atoms with Crippen LogP contribution >= 0.6 is 0 Å². The van der Waals surface area contributed by atoms with Gasteiger partial charge in [-0.05, 0) is 90.6 Å². The third-order valence-electron chi connectivity index (χ3n) is 11.5. The van der Waals surface area contributed by atoms with E-state index < -0.39 is 17.3 Å². The Balaban J connectivity index is 1.76. The number of aliphatic hydroxyl groups is 1. The molecule has 0 heterocycles. The Labute approximate surface area is 223 Å². The standard InChI is InChI=1S/C32H48O5/c1-18(2)19(3)9-10-23(29(35)36)26-17-28(37-20(4)33)32(8)25-13-12-24-21(11-14-27(34)30(24,5)6)22(25)15-16-31(26,32)7/h13,15,18,21,23-24,26-28,34H,3,9-12,14,16-17H2,1-2,4-8H3,(H,35,36)/t21-,23+,24-,26+,27-,28-,31+,32+/m0/s1. The molecule has 2 fully saturated rings. The van der Waals surface area contributed by atoms with Gasteiger partial charge in [-0.15, -0.1) is 0 Å². The fourth-order valence-electron chi connectivity index (χ4n) is 8.60. The molecule has 2 saturated carbocycles. The third-order valence-corrected chi connectivity index (χ3v) is 11.5. The number of carboxylic acids is 1. The van der Waals surface area contributed by atoms with Crippen LogP contribution in [0.25, 0.3) is 0 Å². The van der Waals surface area contributed by atoms with E-state index in [2.05, 4.69) is 60.3 Å². The van der Waals surface area contributed by atoms with E-state index >= 15 is 0 Å². The summed E-state index contributed by atoms with van der Waals surface area (Å²) in [7, 11) is 0. The molecule has 206 valence electrons. The van der Waals surface area contributed by atoms with Crippen LogP contribution in [0.2, 0.25) is 0 Å².